The van der Waals surface area contributed by atoms with Crippen molar-refractivity contribution in [1.29, 1.82) is 0 Å². The Bertz CT molecular complexity index is 949. The third-order valence-electron chi connectivity index (χ3n) is 13.0. The zero-order valence-corrected chi connectivity index (χ0v) is 43.0. The van der Waals surface area contributed by atoms with E-state index in [1.54, 1.807) is 0 Å². The first-order valence-electron chi connectivity index (χ1n) is 28.4. The molecule has 0 radical (unpaired) electrons. The van der Waals surface area contributed by atoms with Gasteiger partial charge < -0.3 is 14.2 Å². The van der Waals surface area contributed by atoms with Gasteiger partial charge in [-0.15, -0.1) is 0 Å². The first kappa shape index (κ1) is 61.4. The third kappa shape index (κ3) is 51.3. The van der Waals surface area contributed by atoms with Gasteiger partial charge in [-0.05, 0) is 25.2 Å². The Hall–Kier alpha value is -1.59. The second kappa shape index (κ2) is 51.4. The maximum atomic E-state index is 12.8. The highest BCUT2D eigenvalue weighted by Crippen LogP contribution is 2.18. The largest absolute Gasteiger partial charge is 0.462 e. The minimum Gasteiger partial charge on any atom is -0.462 e. The number of unbranched alkanes of at least 4 members (excludes halogenated alkanes) is 39. The molecule has 0 fully saturated rings. The summed E-state index contributed by atoms with van der Waals surface area (Å²) in [6.45, 7) is 9.03. The molecule has 0 heterocycles. The Labute approximate surface area is 393 Å². The SMILES string of the molecule is CCCCCCCCCCCCCCCCCCCCC(=O)OC[C@H](COC(=O)CCCCCCCCCCCCCCCCC)OC(=O)CCCCCCCCCCCC(C)C. The average Bonchev–Trinajstić information content (AvgIpc) is 3.27. The lowest BCUT2D eigenvalue weighted by Crippen LogP contribution is -2.30. The summed E-state index contributed by atoms with van der Waals surface area (Å²) in [7, 11) is 0. The number of rotatable bonds is 52. The molecule has 0 aliphatic rings. The summed E-state index contributed by atoms with van der Waals surface area (Å²) in [4.78, 5) is 38.1. The van der Waals surface area contributed by atoms with Crippen LogP contribution in [0.1, 0.15) is 323 Å². The molecule has 0 aromatic rings. The molecule has 0 spiro atoms. The van der Waals surface area contributed by atoms with Crippen LogP contribution in [0, 0.1) is 5.92 Å². The summed E-state index contributed by atoms with van der Waals surface area (Å²) in [5, 5.41) is 0. The molecule has 6 heteroatoms. The third-order valence-corrected chi connectivity index (χ3v) is 13.0. The van der Waals surface area contributed by atoms with Crippen LogP contribution < -0.4 is 0 Å². The highest BCUT2D eigenvalue weighted by atomic mass is 16.6. The number of carbonyl (C=O) groups excluding carboxylic acids is 3. The van der Waals surface area contributed by atoms with Crippen molar-refractivity contribution in [2.75, 3.05) is 13.2 Å². The molecule has 0 aliphatic heterocycles. The molecule has 374 valence electrons. The van der Waals surface area contributed by atoms with Crippen molar-refractivity contribution in [3.8, 4) is 0 Å². The van der Waals surface area contributed by atoms with E-state index in [0.29, 0.717) is 19.3 Å². The molecule has 0 unspecified atom stereocenters. The molecule has 0 bridgehead atoms. The van der Waals surface area contributed by atoms with E-state index in [-0.39, 0.29) is 31.1 Å². The van der Waals surface area contributed by atoms with E-state index in [2.05, 4.69) is 27.7 Å². The minimum absolute atomic E-state index is 0.0625. The normalized spacial score (nSPS) is 12.0. The van der Waals surface area contributed by atoms with Crippen molar-refractivity contribution < 1.29 is 28.6 Å². The van der Waals surface area contributed by atoms with Gasteiger partial charge in [-0.25, -0.2) is 0 Å². The Balaban J connectivity index is 4.26. The van der Waals surface area contributed by atoms with Gasteiger partial charge >= 0.3 is 17.9 Å². The van der Waals surface area contributed by atoms with E-state index in [1.807, 2.05) is 0 Å². The van der Waals surface area contributed by atoms with Crippen molar-refractivity contribution in [2.24, 2.45) is 5.92 Å². The van der Waals surface area contributed by atoms with Gasteiger partial charge in [0.1, 0.15) is 13.2 Å². The molecule has 0 saturated carbocycles. The number of carbonyl (C=O) groups is 3. The molecule has 0 aliphatic carbocycles. The van der Waals surface area contributed by atoms with Crippen LogP contribution in [0.2, 0.25) is 0 Å². The van der Waals surface area contributed by atoms with Crippen LogP contribution in [0.5, 0.6) is 0 Å². The van der Waals surface area contributed by atoms with E-state index >= 15 is 0 Å². The molecule has 1 atom stereocenters. The van der Waals surface area contributed by atoms with Crippen LogP contribution in [0.25, 0.3) is 0 Å². The Morgan fingerprint density at radius 2 is 0.524 bits per heavy atom. The lowest BCUT2D eigenvalue weighted by molar-refractivity contribution is -0.167. The van der Waals surface area contributed by atoms with E-state index in [0.717, 1.165) is 63.7 Å². The van der Waals surface area contributed by atoms with E-state index in [4.69, 9.17) is 14.2 Å². The fourth-order valence-electron chi connectivity index (χ4n) is 8.75. The first-order chi connectivity index (χ1) is 30.9. The highest BCUT2D eigenvalue weighted by Gasteiger charge is 2.19. The highest BCUT2D eigenvalue weighted by molar-refractivity contribution is 5.71. The van der Waals surface area contributed by atoms with Crippen LogP contribution in [-0.2, 0) is 28.6 Å². The molecule has 6 nitrogen and oxygen atoms in total. The Kier molecular flexibility index (Phi) is 50.1. The summed E-state index contributed by atoms with van der Waals surface area (Å²) in [5.41, 5.74) is 0. The van der Waals surface area contributed by atoms with Crippen LogP contribution in [0.4, 0.5) is 0 Å². The van der Waals surface area contributed by atoms with Crippen molar-refractivity contribution >= 4 is 17.9 Å². The zero-order chi connectivity index (χ0) is 45.9. The summed E-state index contributed by atoms with van der Waals surface area (Å²) >= 11 is 0. The molecule has 0 aromatic heterocycles. The maximum absolute atomic E-state index is 12.8. The predicted molar refractivity (Wildman–Crippen MR) is 270 cm³/mol. The summed E-state index contributed by atoms with van der Waals surface area (Å²) < 4.78 is 16.9. The fraction of sp³-hybridized carbons (Fsp3) is 0.947. The lowest BCUT2D eigenvalue weighted by atomic mass is 10.0. The standard InChI is InChI=1S/C57H110O6/c1-5-7-9-11-13-15-17-19-21-22-23-25-27-29-33-37-41-45-49-56(59)62-52-54(63-57(60)50-46-42-38-34-30-31-35-39-43-47-53(3)4)51-61-55(58)48-44-40-36-32-28-26-24-20-18-16-14-12-10-8-6-2/h53-54H,5-52H2,1-4H3/t54-/m0/s1. The molecule has 0 saturated heterocycles. The molecule has 0 rings (SSSR count). The van der Waals surface area contributed by atoms with Crippen LogP contribution in [-0.4, -0.2) is 37.2 Å². The first-order valence-corrected chi connectivity index (χ1v) is 28.4. The van der Waals surface area contributed by atoms with Crippen LogP contribution in [0.3, 0.4) is 0 Å². The van der Waals surface area contributed by atoms with Gasteiger partial charge in [0, 0.05) is 19.3 Å². The van der Waals surface area contributed by atoms with E-state index < -0.39 is 6.10 Å². The maximum Gasteiger partial charge on any atom is 0.306 e. The van der Waals surface area contributed by atoms with Crippen molar-refractivity contribution in [3.05, 3.63) is 0 Å². The van der Waals surface area contributed by atoms with E-state index in [1.165, 1.54) is 218 Å². The van der Waals surface area contributed by atoms with Crippen LogP contribution >= 0.6 is 0 Å². The minimum atomic E-state index is -0.762. The number of hydrogen-bond acceptors (Lipinski definition) is 6. The number of ether oxygens (including phenoxy) is 3. The van der Waals surface area contributed by atoms with Gasteiger partial charge in [0.05, 0.1) is 0 Å². The van der Waals surface area contributed by atoms with Crippen molar-refractivity contribution in [2.45, 2.75) is 329 Å². The van der Waals surface area contributed by atoms with E-state index in [9.17, 15) is 14.4 Å². The number of esters is 3. The summed E-state index contributed by atoms with van der Waals surface area (Å²) in [6, 6.07) is 0. The predicted octanol–water partition coefficient (Wildman–Crippen LogP) is 18.6. The zero-order valence-electron chi connectivity index (χ0n) is 43.0. The summed E-state index contributed by atoms with van der Waals surface area (Å²) in [6.07, 6.45) is 55.2. The van der Waals surface area contributed by atoms with Gasteiger partial charge in [-0.1, -0.05) is 285 Å². The number of hydrogen-bond donors (Lipinski definition) is 0. The second-order valence-electron chi connectivity index (χ2n) is 20.1. The van der Waals surface area contributed by atoms with Gasteiger partial charge in [-0.3, -0.25) is 14.4 Å². The van der Waals surface area contributed by atoms with Gasteiger partial charge in [0.25, 0.3) is 0 Å². The topological polar surface area (TPSA) is 78.9 Å². The lowest BCUT2D eigenvalue weighted by Gasteiger charge is -2.18. The molecule has 0 N–H and O–H groups in total. The van der Waals surface area contributed by atoms with Gasteiger partial charge in [-0.2, -0.15) is 0 Å². The van der Waals surface area contributed by atoms with Gasteiger partial charge in [0.2, 0.25) is 0 Å². The van der Waals surface area contributed by atoms with Crippen molar-refractivity contribution in [1.82, 2.24) is 0 Å². The monoisotopic (exact) mass is 891 g/mol. The fourth-order valence-corrected chi connectivity index (χ4v) is 8.75. The van der Waals surface area contributed by atoms with Gasteiger partial charge in [0.15, 0.2) is 6.10 Å². The molecule has 0 aromatic carbocycles. The smallest absolute Gasteiger partial charge is 0.306 e. The van der Waals surface area contributed by atoms with Crippen LogP contribution in [0.15, 0.2) is 0 Å². The molecular weight excluding hydrogens is 781 g/mol. The Morgan fingerprint density at radius 1 is 0.302 bits per heavy atom. The quantitative estimate of drug-likeness (QED) is 0.0344. The Morgan fingerprint density at radius 3 is 0.778 bits per heavy atom. The molecule has 0 amide bonds. The van der Waals surface area contributed by atoms with Crippen molar-refractivity contribution in [3.63, 3.8) is 0 Å². The molecule has 63 heavy (non-hydrogen) atoms. The second-order valence-corrected chi connectivity index (χ2v) is 20.1. The average molecular weight is 892 g/mol. The summed E-state index contributed by atoms with van der Waals surface area (Å²) in [5.74, 6) is -0.0331. The molecular formula is C57H110O6.